The summed E-state index contributed by atoms with van der Waals surface area (Å²) in [7, 11) is 1.43. The average molecular weight is 582 g/mol. The van der Waals surface area contributed by atoms with Gasteiger partial charge in [-0.25, -0.2) is 4.79 Å². The van der Waals surface area contributed by atoms with E-state index in [2.05, 4.69) is 24.7 Å². The van der Waals surface area contributed by atoms with E-state index >= 15 is 0 Å². The third-order valence-electron chi connectivity index (χ3n) is 5.63. The number of carbonyl (C=O) groups excluding carboxylic acids is 1. The van der Waals surface area contributed by atoms with Crippen molar-refractivity contribution in [3.63, 3.8) is 0 Å². The zero-order valence-electron chi connectivity index (χ0n) is 20.8. The number of aromatic carboxylic acids is 1. The van der Waals surface area contributed by atoms with E-state index in [1.807, 2.05) is 24.3 Å². The lowest BCUT2D eigenvalue weighted by atomic mass is 10.1. The van der Waals surface area contributed by atoms with Crippen molar-refractivity contribution in [1.29, 1.82) is 0 Å². The van der Waals surface area contributed by atoms with Gasteiger partial charge in [-0.1, -0.05) is 28.5 Å². The molecule has 0 radical (unpaired) electrons. The Hall–Kier alpha value is -4.57. The molecule has 204 valence electrons. The molecule has 0 fully saturated rings. The van der Waals surface area contributed by atoms with Crippen LogP contribution in [0.15, 0.2) is 66.7 Å². The summed E-state index contributed by atoms with van der Waals surface area (Å²) in [5, 5.41) is 21.9. The quantitative estimate of drug-likeness (QED) is 0.126. The number of carboxylic acid groups (broad SMARTS) is 1. The van der Waals surface area contributed by atoms with Crippen LogP contribution in [-0.4, -0.2) is 66.0 Å². The van der Waals surface area contributed by atoms with E-state index in [1.54, 1.807) is 30.3 Å². The molecule has 15 heteroatoms. The van der Waals surface area contributed by atoms with Crippen molar-refractivity contribution in [3.8, 4) is 28.0 Å². The number of nitrogens with one attached hydrogen (secondary N) is 1. The lowest BCUT2D eigenvalue weighted by Crippen LogP contribution is -2.43. The number of thiazole rings is 1. The van der Waals surface area contributed by atoms with Crippen LogP contribution in [0.3, 0.4) is 0 Å². The predicted molar refractivity (Wildman–Crippen MR) is 144 cm³/mol. The molecule has 2 heterocycles. The largest absolute Gasteiger partial charge is 0.494 e. The van der Waals surface area contributed by atoms with Gasteiger partial charge in [0, 0.05) is 22.8 Å². The second-order valence-electron chi connectivity index (χ2n) is 8.13. The number of carbonyl (C=O) groups is 2. The first kappa shape index (κ1) is 27.0. The van der Waals surface area contributed by atoms with Gasteiger partial charge in [0.15, 0.2) is 11.2 Å². The van der Waals surface area contributed by atoms with Gasteiger partial charge in [-0.05, 0) is 69.3 Å². The Bertz CT molecular complexity index is 1700. The minimum absolute atomic E-state index is 0.0533. The van der Waals surface area contributed by atoms with Crippen molar-refractivity contribution in [3.05, 3.63) is 77.9 Å². The molecule has 1 amide bonds. The molecule has 0 aliphatic heterocycles. The number of amides is 1. The molecule has 0 spiro atoms. The molecule has 1 unspecified atom stereocenters. The molecule has 5 rings (SSSR count). The molecule has 0 bridgehead atoms. The first-order valence-electron chi connectivity index (χ1n) is 11.6. The van der Waals surface area contributed by atoms with Crippen LogP contribution >= 0.6 is 11.3 Å². The van der Waals surface area contributed by atoms with Crippen LogP contribution in [0.1, 0.15) is 20.7 Å². The maximum Gasteiger partial charge on any atom is 0.365 e. The second kappa shape index (κ2) is 11.7. The van der Waals surface area contributed by atoms with Crippen molar-refractivity contribution in [2.45, 2.75) is 0 Å². The molecule has 0 aliphatic carbocycles. The summed E-state index contributed by atoms with van der Waals surface area (Å²) >= 11 is -0.992. The van der Waals surface area contributed by atoms with Crippen molar-refractivity contribution >= 4 is 44.8 Å². The highest BCUT2D eigenvalue weighted by atomic mass is 32.2. The van der Waals surface area contributed by atoms with Gasteiger partial charge in [0.2, 0.25) is 0 Å². The lowest BCUT2D eigenvalue weighted by Gasteiger charge is -2.07. The standard InChI is InChI=1S/C25H20N6O7S2/c1-37-20-14-17(24(33)34)10-11-19(20)30-28-22(29-31(30)25-27-18-4-2-3-5-21(18)39-25)15-6-8-16(9-7-15)23(32)26-12-13-38-40(35)36/h2-11,14H,12-13H2,1H3,(H2-,26,32,33,34,35,36)/p+1. The second-order valence-corrected chi connectivity index (χ2v) is 9.81. The van der Waals surface area contributed by atoms with Gasteiger partial charge < -0.3 is 15.2 Å². The smallest absolute Gasteiger partial charge is 0.365 e. The minimum atomic E-state index is -2.39. The van der Waals surface area contributed by atoms with Crippen molar-refractivity contribution in [2.24, 2.45) is 0 Å². The number of rotatable bonds is 10. The predicted octanol–water partition coefficient (Wildman–Crippen LogP) is 2.41. The zero-order valence-corrected chi connectivity index (χ0v) is 22.4. The molecule has 40 heavy (non-hydrogen) atoms. The van der Waals surface area contributed by atoms with Gasteiger partial charge in [0.1, 0.15) is 5.75 Å². The number of fused-ring (bicyclic) bond motifs is 1. The molecule has 13 nitrogen and oxygen atoms in total. The van der Waals surface area contributed by atoms with E-state index < -0.39 is 17.3 Å². The van der Waals surface area contributed by atoms with Crippen LogP contribution in [-0.2, 0) is 15.5 Å². The van der Waals surface area contributed by atoms with Crippen LogP contribution in [0.25, 0.3) is 32.4 Å². The van der Waals surface area contributed by atoms with Crippen molar-refractivity contribution < 1.29 is 37.2 Å². The van der Waals surface area contributed by atoms with Crippen LogP contribution in [0.2, 0.25) is 0 Å². The molecule has 3 N–H and O–H groups in total. The summed E-state index contributed by atoms with van der Waals surface area (Å²) in [6.07, 6.45) is 0. The summed E-state index contributed by atoms with van der Waals surface area (Å²) in [6.45, 7) is -0.0551. The van der Waals surface area contributed by atoms with Gasteiger partial charge in [-0.15, -0.1) is 0 Å². The molecular formula is C25H21N6O7S2+. The number of tetrazole rings is 1. The molecule has 5 aromatic rings. The van der Waals surface area contributed by atoms with E-state index in [4.69, 9.17) is 9.29 Å². The molecule has 0 saturated carbocycles. The summed E-state index contributed by atoms with van der Waals surface area (Å²) in [6, 6.07) is 18.6. The summed E-state index contributed by atoms with van der Waals surface area (Å²) < 4.78 is 30.1. The fourth-order valence-electron chi connectivity index (χ4n) is 3.75. The first-order valence-corrected chi connectivity index (χ1v) is 13.5. The Morgan fingerprint density at radius 3 is 2.55 bits per heavy atom. The lowest BCUT2D eigenvalue weighted by molar-refractivity contribution is -0.734. The molecule has 0 saturated heterocycles. The maximum atomic E-state index is 12.4. The fourth-order valence-corrected chi connectivity index (χ4v) is 4.88. The highest BCUT2D eigenvalue weighted by molar-refractivity contribution is 7.74. The van der Waals surface area contributed by atoms with Gasteiger partial charge in [-0.3, -0.25) is 13.5 Å². The Morgan fingerprint density at radius 2 is 1.85 bits per heavy atom. The molecule has 0 aliphatic rings. The van der Waals surface area contributed by atoms with Gasteiger partial charge in [-0.2, -0.15) is 4.21 Å². The van der Waals surface area contributed by atoms with E-state index in [-0.39, 0.29) is 30.4 Å². The number of para-hydroxylation sites is 1. The summed E-state index contributed by atoms with van der Waals surface area (Å²) in [4.78, 5) is 31.6. The van der Waals surface area contributed by atoms with Crippen molar-refractivity contribution in [2.75, 3.05) is 20.3 Å². The van der Waals surface area contributed by atoms with E-state index in [0.29, 0.717) is 27.8 Å². The Balaban J connectivity index is 1.52. The molecule has 2 aromatic heterocycles. The van der Waals surface area contributed by atoms with Crippen LogP contribution in [0.4, 0.5) is 0 Å². The monoisotopic (exact) mass is 581 g/mol. The summed E-state index contributed by atoms with van der Waals surface area (Å²) in [5.74, 6) is -0.894. The number of nitrogens with zero attached hydrogens (tertiary/aromatic N) is 5. The molecular weight excluding hydrogens is 560 g/mol. The van der Waals surface area contributed by atoms with Crippen LogP contribution in [0.5, 0.6) is 5.75 Å². The third kappa shape index (κ3) is 5.72. The van der Waals surface area contributed by atoms with Gasteiger partial charge >= 0.3 is 22.5 Å². The molecule has 1 atom stereocenters. The first-order chi connectivity index (χ1) is 19.3. The van der Waals surface area contributed by atoms with E-state index in [1.165, 1.54) is 40.2 Å². The SMILES string of the molecule is COc1cc(C(=O)O)ccc1-n1nc(-c2ccc(C(=O)NCCOS(=O)O)cc2)n[n+]1-c1nc2ccccc2s1. The Morgan fingerprint density at radius 1 is 1.10 bits per heavy atom. The van der Waals surface area contributed by atoms with E-state index in [0.717, 1.165) is 10.2 Å². The van der Waals surface area contributed by atoms with E-state index in [9.17, 15) is 18.9 Å². The number of methoxy groups -OCH3 is 1. The number of benzene rings is 3. The zero-order chi connectivity index (χ0) is 28.2. The van der Waals surface area contributed by atoms with Gasteiger partial charge in [0.05, 0.1) is 24.0 Å². The molecule has 3 aromatic carbocycles. The fraction of sp³-hybridized carbons (Fsp3) is 0.120. The third-order valence-corrected chi connectivity index (χ3v) is 7.00. The highest BCUT2D eigenvalue weighted by Gasteiger charge is 2.27. The van der Waals surface area contributed by atoms with Crippen LogP contribution < -0.4 is 14.9 Å². The van der Waals surface area contributed by atoms with Crippen molar-refractivity contribution in [1.82, 2.24) is 25.3 Å². The average Bonchev–Trinajstić information content (AvgIpc) is 3.59. The highest BCUT2D eigenvalue weighted by Crippen LogP contribution is 2.26. The van der Waals surface area contributed by atoms with Gasteiger partial charge in [0.25, 0.3) is 11.7 Å². The Kier molecular flexibility index (Phi) is 7.88. The number of hydrogen-bond acceptors (Lipinski definition) is 9. The number of ether oxygens (including phenoxy) is 1. The Labute approximate surface area is 233 Å². The number of carboxylic acids is 1. The normalized spacial score (nSPS) is 11.8. The number of hydrogen-bond donors (Lipinski definition) is 3. The summed E-state index contributed by atoms with van der Waals surface area (Å²) in [5.41, 5.74) is 2.24. The number of aromatic nitrogens is 5. The maximum absolute atomic E-state index is 12.4. The van der Waals surface area contributed by atoms with Crippen LogP contribution in [0, 0.1) is 0 Å². The topological polar surface area (TPSA) is 170 Å². The minimum Gasteiger partial charge on any atom is -0.494 e.